The SMILES string of the molecule is CCCCn1c(/C=C/C2=CC(=O)CC(C)(C)C2)nc2ccc(N(CC)CCO)cc21. The minimum Gasteiger partial charge on any atom is -0.395 e. The first kappa shape index (κ1) is 22.3. The third-order valence-corrected chi connectivity index (χ3v) is 5.74. The molecular weight excluding hydrogens is 374 g/mol. The maximum Gasteiger partial charge on any atom is 0.156 e. The number of unbranched alkanes of at least 4 members (excludes halogenated alkanes) is 1. The number of benzene rings is 1. The van der Waals surface area contributed by atoms with Crippen molar-refractivity contribution in [3.8, 4) is 0 Å². The van der Waals surface area contributed by atoms with Gasteiger partial charge < -0.3 is 14.6 Å². The summed E-state index contributed by atoms with van der Waals surface area (Å²) in [4.78, 5) is 19.1. The van der Waals surface area contributed by atoms with Gasteiger partial charge in [-0.15, -0.1) is 0 Å². The number of likely N-dealkylation sites (N-methyl/N-ethyl adjacent to an activating group) is 1. The second-order valence-electron chi connectivity index (χ2n) is 8.99. The molecule has 1 N–H and O–H groups in total. The molecular formula is C25H35N3O2. The minimum atomic E-state index is 0.0130. The highest BCUT2D eigenvalue weighted by atomic mass is 16.3. The molecule has 162 valence electrons. The van der Waals surface area contributed by atoms with Crippen LogP contribution in [-0.2, 0) is 11.3 Å². The highest BCUT2D eigenvalue weighted by molar-refractivity contribution is 5.92. The van der Waals surface area contributed by atoms with Crippen LogP contribution in [0.25, 0.3) is 17.1 Å². The van der Waals surface area contributed by atoms with Crippen molar-refractivity contribution in [3.63, 3.8) is 0 Å². The molecule has 3 rings (SSSR count). The standard InChI is InChI=1S/C25H35N3O2/c1-5-7-12-28-23-16-20(27(6-2)13-14-29)9-10-22(23)26-24(28)11-8-19-15-21(30)18-25(3,4)17-19/h8-11,15-16,29H,5-7,12-14,17-18H2,1-4H3/b11-8+. The predicted octanol–water partition coefficient (Wildman–Crippen LogP) is 4.98. The summed E-state index contributed by atoms with van der Waals surface area (Å²) in [6, 6.07) is 6.33. The lowest BCUT2D eigenvalue weighted by Crippen LogP contribution is -2.26. The van der Waals surface area contributed by atoms with Gasteiger partial charge in [-0.1, -0.05) is 33.3 Å². The quantitative estimate of drug-likeness (QED) is 0.634. The van der Waals surface area contributed by atoms with Gasteiger partial charge in [0.15, 0.2) is 5.78 Å². The average Bonchev–Trinajstić information content (AvgIpc) is 3.04. The van der Waals surface area contributed by atoms with Gasteiger partial charge in [0.25, 0.3) is 0 Å². The molecule has 5 heteroatoms. The molecule has 1 aromatic carbocycles. The molecule has 5 nitrogen and oxygen atoms in total. The van der Waals surface area contributed by atoms with Gasteiger partial charge in [-0.2, -0.15) is 0 Å². The summed E-state index contributed by atoms with van der Waals surface area (Å²) in [6.07, 6.45) is 9.62. The predicted molar refractivity (Wildman–Crippen MR) is 125 cm³/mol. The maximum atomic E-state index is 12.1. The summed E-state index contributed by atoms with van der Waals surface area (Å²) in [6.45, 7) is 11.1. The molecule has 0 unspecified atom stereocenters. The Morgan fingerprint density at radius 3 is 2.70 bits per heavy atom. The molecule has 0 aliphatic heterocycles. The fraction of sp³-hybridized carbons (Fsp3) is 0.520. The van der Waals surface area contributed by atoms with Gasteiger partial charge >= 0.3 is 0 Å². The number of carbonyl (C=O) groups is 1. The normalized spacial score (nSPS) is 16.4. The fourth-order valence-corrected chi connectivity index (χ4v) is 4.28. The van der Waals surface area contributed by atoms with Crippen LogP contribution in [-0.4, -0.2) is 40.1 Å². The Morgan fingerprint density at radius 2 is 2.03 bits per heavy atom. The molecule has 30 heavy (non-hydrogen) atoms. The number of ketones is 1. The van der Waals surface area contributed by atoms with E-state index in [4.69, 9.17) is 4.98 Å². The van der Waals surface area contributed by atoms with Gasteiger partial charge in [0.1, 0.15) is 5.82 Å². The van der Waals surface area contributed by atoms with Gasteiger partial charge in [-0.05, 0) is 61.1 Å². The molecule has 0 spiro atoms. The second kappa shape index (κ2) is 9.61. The molecule has 1 aromatic heterocycles. The summed E-state index contributed by atoms with van der Waals surface area (Å²) < 4.78 is 2.28. The van der Waals surface area contributed by atoms with Gasteiger partial charge in [0.2, 0.25) is 0 Å². The Bertz CT molecular complexity index is 953. The van der Waals surface area contributed by atoms with E-state index < -0.39 is 0 Å². The smallest absolute Gasteiger partial charge is 0.156 e. The van der Waals surface area contributed by atoms with E-state index in [1.165, 1.54) is 0 Å². The first-order valence-electron chi connectivity index (χ1n) is 11.1. The number of imidazole rings is 1. The van der Waals surface area contributed by atoms with Gasteiger partial charge in [0, 0.05) is 31.7 Å². The molecule has 0 bridgehead atoms. The molecule has 2 aromatic rings. The summed E-state index contributed by atoms with van der Waals surface area (Å²) >= 11 is 0. The molecule has 1 aliphatic rings. The minimum absolute atomic E-state index is 0.0130. The lowest BCUT2D eigenvalue weighted by atomic mass is 9.77. The van der Waals surface area contributed by atoms with Crippen molar-refractivity contribution in [2.24, 2.45) is 5.41 Å². The van der Waals surface area contributed by atoms with Crippen molar-refractivity contribution in [2.75, 3.05) is 24.6 Å². The van der Waals surface area contributed by atoms with Crippen LogP contribution in [0.5, 0.6) is 0 Å². The molecule has 0 atom stereocenters. The third-order valence-electron chi connectivity index (χ3n) is 5.74. The van der Waals surface area contributed by atoms with E-state index in [0.717, 1.165) is 60.5 Å². The number of aromatic nitrogens is 2. The first-order chi connectivity index (χ1) is 14.4. The number of hydrogen-bond acceptors (Lipinski definition) is 4. The van der Waals surface area contributed by atoms with Crippen LogP contribution in [0.1, 0.15) is 59.2 Å². The molecule has 0 saturated carbocycles. The molecule has 1 heterocycles. The number of aryl methyl sites for hydroxylation is 1. The number of allylic oxidation sites excluding steroid dienone is 3. The zero-order valence-electron chi connectivity index (χ0n) is 18.8. The van der Waals surface area contributed by atoms with Crippen molar-refractivity contribution in [1.82, 2.24) is 9.55 Å². The van der Waals surface area contributed by atoms with E-state index in [2.05, 4.69) is 67.5 Å². The second-order valence-corrected chi connectivity index (χ2v) is 8.99. The number of nitrogens with zero attached hydrogens (tertiary/aromatic N) is 3. The van der Waals surface area contributed by atoms with Crippen molar-refractivity contribution in [3.05, 3.63) is 41.7 Å². The van der Waals surface area contributed by atoms with E-state index in [-0.39, 0.29) is 17.8 Å². The van der Waals surface area contributed by atoms with E-state index >= 15 is 0 Å². The number of fused-ring (bicyclic) bond motifs is 1. The summed E-state index contributed by atoms with van der Waals surface area (Å²) in [7, 11) is 0. The lowest BCUT2D eigenvalue weighted by molar-refractivity contribution is -0.116. The Labute approximate surface area is 180 Å². The largest absolute Gasteiger partial charge is 0.395 e. The van der Waals surface area contributed by atoms with Crippen LogP contribution in [0, 0.1) is 5.41 Å². The number of rotatable bonds is 9. The zero-order valence-corrected chi connectivity index (χ0v) is 18.8. The Balaban J connectivity index is 1.98. The Hall–Kier alpha value is -2.40. The zero-order chi connectivity index (χ0) is 21.7. The average molecular weight is 410 g/mol. The van der Waals surface area contributed by atoms with Gasteiger partial charge in [-0.25, -0.2) is 4.98 Å². The maximum absolute atomic E-state index is 12.1. The summed E-state index contributed by atoms with van der Waals surface area (Å²) in [5, 5.41) is 9.37. The molecule has 0 saturated heterocycles. The molecule has 0 fully saturated rings. The Morgan fingerprint density at radius 1 is 1.23 bits per heavy atom. The molecule has 1 aliphatic carbocycles. The van der Waals surface area contributed by atoms with Crippen LogP contribution < -0.4 is 4.90 Å². The molecule has 0 amide bonds. The third kappa shape index (κ3) is 5.20. The van der Waals surface area contributed by atoms with Crippen LogP contribution in [0.4, 0.5) is 5.69 Å². The highest BCUT2D eigenvalue weighted by Crippen LogP contribution is 2.34. The van der Waals surface area contributed by atoms with Crippen molar-refractivity contribution < 1.29 is 9.90 Å². The van der Waals surface area contributed by atoms with E-state index in [9.17, 15) is 9.90 Å². The number of aliphatic hydroxyl groups is 1. The topological polar surface area (TPSA) is 58.4 Å². The number of carbonyl (C=O) groups excluding carboxylic acids is 1. The summed E-state index contributed by atoms with van der Waals surface area (Å²) in [5.74, 6) is 1.14. The van der Waals surface area contributed by atoms with Crippen LogP contribution in [0.2, 0.25) is 0 Å². The van der Waals surface area contributed by atoms with Crippen molar-refractivity contribution >= 4 is 28.6 Å². The fourth-order valence-electron chi connectivity index (χ4n) is 4.28. The van der Waals surface area contributed by atoms with E-state index in [1.807, 2.05) is 0 Å². The van der Waals surface area contributed by atoms with E-state index in [0.29, 0.717) is 13.0 Å². The van der Waals surface area contributed by atoms with Gasteiger partial charge in [0.05, 0.1) is 17.6 Å². The molecule has 0 radical (unpaired) electrons. The van der Waals surface area contributed by atoms with E-state index in [1.54, 1.807) is 6.08 Å². The lowest BCUT2D eigenvalue weighted by Gasteiger charge is -2.27. The van der Waals surface area contributed by atoms with Crippen LogP contribution in [0.3, 0.4) is 0 Å². The van der Waals surface area contributed by atoms with Gasteiger partial charge in [-0.3, -0.25) is 4.79 Å². The van der Waals surface area contributed by atoms with Crippen LogP contribution in [0.15, 0.2) is 35.9 Å². The number of anilines is 1. The van der Waals surface area contributed by atoms with Crippen molar-refractivity contribution in [1.29, 1.82) is 0 Å². The number of aliphatic hydroxyl groups excluding tert-OH is 1. The van der Waals surface area contributed by atoms with Crippen LogP contribution >= 0.6 is 0 Å². The number of hydrogen-bond donors (Lipinski definition) is 1. The highest BCUT2D eigenvalue weighted by Gasteiger charge is 2.26. The van der Waals surface area contributed by atoms with Crippen molar-refractivity contribution in [2.45, 2.75) is 59.9 Å². The first-order valence-corrected chi connectivity index (χ1v) is 11.1. The Kier molecular flexibility index (Phi) is 7.14. The monoisotopic (exact) mass is 409 g/mol. The summed E-state index contributed by atoms with van der Waals surface area (Å²) in [5.41, 5.74) is 4.29.